The Morgan fingerprint density at radius 3 is 2.82 bits per heavy atom. The molecule has 2 nitrogen and oxygen atoms in total. The van der Waals surface area contributed by atoms with Crippen LogP contribution in [0, 0.1) is 0 Å². The Hall–Kier alpha value is -0.790. The summed E-state index contributed by atoms with van der Waals surface area (Å²) in [5, 5.41) is 0. The lowest BCUT2D eigenvalue weighted by atomic mass is 10.2. The average molecular weight is 156 g/mol. The summed E-state index contributed by atoms with van der Waals surface area (Å²) < 4.78 is 4.92. The summed E-state index contributed by atoms with van der Waals surface area (Å²) in [5.74, 6) is -0.198. The van der Waals surface area contributed by atoms with E-state index in [4.69, 9.17) is 4.74 Å². The van der Waals surface area contributed by atoms with Crippen molar-refractivity contribution in [3.05, 3.63) is 12.7 Å². The Morgan fingerprint density at radius 1 is 1.73 bits per heavy atom. The van der Waals surface area contributed by atoms with Crippen molar-refractivity contribution in [1.29, 1.82) is 0 Å². The monoisotopic (exact) mass is 156 g/mol. The first-order chi connectivity index (χ1) is 5.16. The topological polar surface area (TPSA) is 26.3 Å². The maximum Gasteiger partial charge on any atom is 0.302 e. The molecule has 0 spiro atoms. The van der Waals surface area contributed by atoms with Gasteiger partial charge in [-0.2, -0.15) is 0 Å². The van der Waals surface area contributed by atoms with Gasteiger partial charge >= 0.3 is 5.97 Å². The Balaban J connectivity index is 3.28. The third-order valence-corrected chi connectivity index (χ3v) is 1.39. The van der Waals surface area contributed by atoms with E-state index in [9.17, 15) is 4.79 Å². The van der Waals surface area contributed by atoms with Gasteiger partial charge in [0.15, 0.2) is 0 Å². The molecule has 64 valence electrons. The van der Waals surface area contributed by atoms with Crippen molar-refractivity contribution in [2.24, 2.45) is 0 Å². The van der Waals surface area contributed by atoms with Crippen molar-refractivity contribution in [2.75, 3.05) is 0 Å². The first-order valence-electron chi connectivity index (χ1n) is 3.95. The van der Waals surface area contributed by atoms with Crippen LogP contribution in [0.1, 0.15) is 33.1 Å². The van der Waals surface area contributed by atoms with Gasteiger partial charge in [-0.1, -0.05) is 6.08 Å². The first kappa shape index (κ1) is 10.2. The van der Waals surface area contributed by atoms with Crippen LogP contribution in [-0.4, -0.2) is 12.1 Å². The summed E-state index contributed by atoms with van der Waals surface area (Å²) in [5.41, 5.74) is 0. The van der Waals surface area contributed by atoms with Crippen LogP contribution in [0.4, 0.5) is 0 Å². The maximum atomic E-state index is 10.4. The number of carbonyl (C=O) groups excluding carboxylic acids is 1. The highest BCUT2D eigenvalue weighted by Gasteiger charge is 2.02. The van der Waals surface area contributed by atoms with E-state index in [0.29, 0.717) is 0 Å². The zero-order valence-electron chi connectivity index (χ0n) is 7.30. The minimum atomic E-state index is -0.198. The molecule has 0 rings (SSSR count). The van der Waals surface area contributed by atoms with Gasteiger partial charge in [-0.15, -0.1) is 6.58 Å². The van der Waals surface area contributed by atoms with E-state index >= 15 is 0 Å². The molecule has 0 heterocycles. The molecule has 0 N–H and O–H groups in total. The normalized spacial score (nSPS) is 12.2. The minimum Gasteiger partial charge on any atom is -0.463 e. The molecular weight excluding hydrogens is 140 g/mol. The van der Waals surface area contributed by atoms with Gasteiger partial charge in [-0.05, 0) is 26.2 Å². The lowest BCUT2D eigenvalue weighted by Gasteiger charge is -2.09. The molecule has 1 atom stereocenters. The van der Waals surface area contributed by atoms with Crippen LogP contribution >= 0.6 is 0 Å². The molecule has 0 aliphatic heterocycles. The van der Waals surface area contributed by atoms with Gasteiger partial charge in [0.1, 0.15) is 0 Å². The van der Waals surface area contributed by atoms with Crippen LogP contribution in [0.3, 0.4) is 0 Å². The Bertz CT molecular complexity index is 130. The van der Waals surface area contributed by atoms with Gasteiger partial charge in [-0.3, -0.25) is 4.79 Å². The van der Waals surface area contributed by atoms with Crippen LogP contribution in [0.5, 0.6) is 0 Å². The third-order valence-electron chi connectivity index (χ3n) is 1.39. The summed E-state index contributed by atoms with van der Waals surface area (Å²) in [6.45, 7) is 6.95. The summed E-state index contributed by atoms with van der Waals surface area (Å²) in [7, 11) is 0. The fraction of sp³-hybridized carbons (Fsp3) is 0.667. The molecule has 2 heteroatoms. The molecular formula is C9H16O2. The molecule has 0 aliphatic rings. The second-order valence-electron chi connectivity index (χ2n) is 2.64. The Labute approximate surface area is 68.2 Å². The highest BCUT2D eigenvalue weighted by molar-refractivity contribution is 5.66. The molecule has 0 aromatic heterocycles. The second kappa shape index (κ2) is 5.96. The lowest BCUT2D eigenvalue weighted by molar-refractivity contribution is -0.145. The quantitative estimate of drug-likeness (QED) is 0.347. The summed E-state index contributed by atoms with van der Waals surface area (Å²) in [6.07, 6.45) is 4.88. The van der Waals surface area contributed by atoms with Crippen molar-refractivity contribution >= 4 is 5.97 Å². The fourth-order valence-electron chi connectivity index (χ4n) is 0.892. The molecule has 0 amide bonds. The van der Waals surface area contributed by atoms with Gasteiger partial charge in [-0.25, -0.2) is 0 Å². The Kier molecular flexibility index (Phi) is 5.53. The van der Waals surface area contributed by atoms with E-state index in [1.165, 1.54) is 6.92 Å². The number of rotatable bonds is 5. The van der Waals surface area contributed by atoms with Crippen molar-refractivity contribution in [3.8, 4) is 0 Å². The van der Waals surface area contributed by atoms with Crippen molar-refractivity contribution in [1.82, 2.24) is 0 Å². The molecule has 0 aromatic carbocycles. The summed E-state index contributed by atoms with van der Waals surface area (Å²) in [4.78, 5) is 10.4. The molecule has 0 radical (unpaired) electrons. The van der Waals surface area contributed by atoms with Crippen molar-refractivity contribution in [2.45, 2.75) is 39.2 Å². The third kappa shape index (κ3) is 7.10. The van der Waals surface area contributed by atoms with E-state index < -0.39 is 0 Å². The number of esters is 1. The highest BCUT2D eigenvalue weighted by atomic mass is 16.5. The molecule has 0 aromatic rings. The molecule has 11 heavy (non-hydrogen) atoms. The fourth-order valence-corrected chi connectivity index (χ4v) is 0.892. The summed E-state index contributed by atoms with van der Waals surface area (Å²) >= 11 is 0. The highest BCUT2D eigenvalue weighted by Crippen LogP contribution is 2.04. The number of unbranched alkanes of at least 4 members (excludes halogenated alkanes) is 1. The lowest BCUT2D eigenvalue weighted by Crippen LogP contribution is -2.11. The van der Waals surface area contributed by atoms with Gasteiger partial charge < -0.3 is 4.74 Å². The van der Waals surface area contributed by atoms with Crippen LogP contribution < -0.4 is 0 Å². The molecule has 0 unspecified atom stereocenters. The van der Waals surface area contributed by atoms with E-state index in [0.717, 1.165) is 19.3 Å². The molecule has 0 bridgehead atoms. The van der Waals surface area contributed by atoms with Crippen LogP contribution in [0.15, 0.2) is 12.7 Å². The standard InChI is InChI=1S/C9H16O2/c1-4-5-6-7-8(2)11-9(3)10/h4,8H,1,5-7H2,2-3H3/t8-/m1/s1. The van der Waals surface area contributed by atoms with Crippen LogP contribution in [-0.2, 0) is 9.53 Å². The molecule has 0 aliphatic carbocycles. The van der Waals surface area contributed by atoms with Gasteiger partial charge in [0, 0.05) is 6.92 Å². The number of ether oxygens (including phenoxy) is 1. The number of hydrogen-bond acceptors (Lipinski definition) is 2. The van der Waals surface area contributed by atoms with Gasteiger partial charge in [0.25, 0.3) is 0 Å². The van der Waals surface area contributed by atoms with Crippen molar-refractivity contribution < 1.29 is 9.53 Å². The molecule has 0 saturated carbocycles. The van der Waals surface area contributed by atoms with E-state index in [1.807, 2.05) is 13.0 Å². The predicted octanol–water partition coefficient (Wildman–Crippen LogP) is 2.29. The van der Waals surface area contributed by atoms with Gasteiger partial charge in [0.05, 0.1) is 6.10 Å². The Morgan fingerprint density at radius 2 is 2.36 bits per heavy atom. The van der Waals surface area contributed by atoms with Crippen molar-refractivity contribution in [3.63, 3.8) is 0 Å². The number of allylic oxidation sites excluding steroid dienone is 1. The number of carbonyl (C=O) groups is 1. The SMILES string of the molecule is C=CCCC[C@@H](C)OC(C)=O. The van der Waals surface area contributed by atoms with E-state index in [1.54, 1.807) is 0 Å². The van der Waals surface area contributed by atoms with E-state index in [-0.39, 0.29) is 12.1 Å². The summed E-state index contributed by atoms with van der Waals surface area (Å²) in [6, 6.07) is 0. The first-order valence-corrected chi connectivity index (χ1v) is 3.95. The zero-order valence-corrected chi connectivity index (χ0v) is 7.30. The molecule has 0 fully saturated rings. The molecule has 0 saturated heterocycles. The smallest absolute Gasteiger partial charge is 0.302 e. The largest absolute Gasteiger partial charge is 0.463 e. The van der Waals surface area contributed by atoms with Crippen LogP contribution in [0.25, 0.3) is 0 Å². The van der Waals surface area contributed by atoms with E-state index in [2.05, 4.69) is 6.58 Å². The number of hydrogen-bond donors (Lipinski definition) is 0. The zero-order chi connectivity index (χ0) is 8.69. The average Bonchev–Trinajstić information content (AvgIpc) is 1.86. The van der Waals surface area contributed by atoms with Gasteiger partial charge in [0.2, 0.25) is 0 Å². The van der Waals surface area contributed by atoms with Crippen LogP contribution in [0.2, 0.25) is 0 Å². The maximum absolute atomic E-state index is 10.4. The second-order valence-corrected chi connectivity index (χ2v) is 2.64. The minimum absolute atomic E-state index is 0.0486. The predicted molar refractivity (Wildman–Crippen MR) is 45.3 cm³/mol.